The van der Waals surface area contributed by atoms with E-state index in [1.165, 1.54) is 56.2 Å². The second kappa shape index (κ2) is 7.57. The van der Waals surface area contributed by atoms with Gasteiger partial charge in [-0.2, -0.15) is 0 Å². The molecule has 1 aromatic rings. The minimum atomic E-state index is 0.885. The van der Waals surface area contributed by atoms with Gasteiger partial charge < -0.3 is 5.32 Å². The van der Waals surface area contributed by atoms with Gasteiger partial charge in [0.15, 0.2) is 0 Å². The Labute approximate surface area is 118 Å². The van der Waals surface area contributed by atoms with Crippen LogP contribution >= 0.6 is 0 Å². The summed E-state index contributed by atoms with van der Waals surface area (Å²) in [5.74, 6) is 1.84. The lowest BCUT2D eigenvalue weighted by atomic mass is 9.83. The molecular formula is C18H29N. The van der Waals surface area contributed by atoms with E-state index in [1.54, 1.807) is 0 Å². The lowest BCUT2D eigenvalue weighted by molar-refractivity contribution is 0.300. The average Bonchev–Trinajstić information content (AvgIpc) is 2.46. The van der Waals surface area contributed by atoms with Gasteiger partial charge in [-0.1, -0.05) is 45.2 Å². The molecule has 0 radical (unpaired) electrons. The maximum absolute atomic E-state index is 3.61. The van der Waals surface area contributed by atoms with Crippen molar-refractivity contribution in [1.82, 2.24) is 0 Å². The van der Waals surface area contributed by atoms with E-state index in [9.17, 15) is 0 Å². The number of rotatable bonds is 6. The Bertz CT molecular complexity index is 346. The number of unbranched alkanes of at least 4 members (excludes halogenated alkanes) is 1. The third-order valence-electron chi connectivity index (χ3n) is 4.50. The van der Waals surface area contributed by atoms with Crippen LogP contribution in [-0.4, -0.2) is 6.54 Å². The van der Waals surface area contributed by atoms with Crippen LogP contribution in [0.15, 0.2) is 24.3 Å². The van der Waals surface area contributed by atoms with Crippen LogP contribution in [0, 0.1) is 11.8 Å². The van der Waals surface area contributed by atoms with Gasteiger partial charge in [-0.3, -0.25) is 0 Å². The summed E-state index contributed by atoms with van der Waals surface area (Å²) < 4.78 is 0. The van der Waals surface area contributed by atoms with Crippen molar-refractivity contribution in [2.45, 2.75) is 58.8 Å². The van der Waals surface area contributed by atoms with Gasteiger partial charge in [-0.25, -0.2) is 0 Å². The topological polar surface area (TPSA) is 12.0 Å². The summed E-state index contributed by atoms with van der Waals surface area (Å²) >= 11 is 0. The Morgan fingerprint density at radius 3 is 2.37 bits per heavy atom. The molecule has 2 rings (SSSR count). The van der Waals surface area contributed by atoms with Crippen molar-refractivity contribution in [3.05, 3.63) is 29.8 Å². The molecule has 1 fully saturated rings. The van der Waals surface area contributed by atoms with Gasteiger partial charge in [-0.15, -0.1) is 0 Å². The molecule has 0 spiro atoms. The van der Waals surface area contributed by atoms with E-state index in [4.69, 9.17) is 0 Å². The Morgan fingerprint density at radius 2 is 1.74 bits per heavy atom. The van der Waals surface area contributed by atoms with Crippen LogP contribution in [-0.2, 0) is 6.42 Å². The molecule has 1 heteroatoms. The predicted molar refractivity (Wildman–Crippen MR) is 84.7 cm³/mol. The summed E-state index contributed by atoms with van der Waals surface area (Å²) in [6.45, 7) is 5.79. The maximum atomic E-state index is 3.61. The SMILES string of the molecule is CCCCc1ccc(NCC2CCC(C)CC2)cc1. The fourth-order valence-corrected chi connectivity index (χ4v) is 2.97. The van der Waals surface area contributed by atoms with E-state index in [0.717, 1.165) is 18.4 Å². The van der Waals surface area contributed by atoms with Crippen LogP contribution in [0.5, 0.6) is 0 Å². The number of aryl methyl sites for hydroxylation is 1. The van der Waals surface area contributed by atoms with E-state index in [2.05, 4.69) is 43.4 Å². The van der Waals surface area contributed by atoms with Crippen molar-refractivity contribution in [3.63, 3.8) is 0 Å². The number of nitrogens with one attached hydrogen (secondary N) is 1. The van der Waals surface area contributed by atoms with Crippen molar-refractivity contribution in [2.24, 2.45) is 11.8 Å². The molecule has 1 aliphatic rings. The normalized spacial score (nSPS) is 23.3. The zero-order valence-electron chi connectivity index (χ0n) is 12.6. The second-order valence-corrected chi connectivity index (χ2v) is 6.31. The Kier molecular flexibility index (Phi) is 5.75. The van der Waals surface area contributed by atoms with Crippen molar-refractivity contribution >= 4 is 5.69 Å². The standard InChI is InChI=1S/C18H29N/c1-3-4-5-16-10-12-18(13-11-16)19-14-17-8-6-15(2)7-9-17/h10-13,15,17,19H,3-9,14H2,1-2H3. The van der Waals surface area contributed by atoms with Crippen LogP contribution in [0.1, 0.15) is 57.9 Å². The summed E-state index contributed by atoms with van der Waals surface area (Å²) in [5, 5.41) is 3.61. The Hall–Kier alpha value is -0.980. The molecule has 0 aliphatic heterocycles. The first kappa shape index (κ1) is 14.4. The highest BCUT2D eigenvalue weighted by Gasteiger charge is 2.17. The fraction of sp³-hybridized carbons (Fsp3) is 0.667. The molecule has 1 saturated carbocycles. The molecular weight excluding hydrogens is 230 g/mol. The molecule has 1 aliphatic carbocycles. The lowest BCUT2D eigenvalue weighted by Gasteiger charge is -2.26. The molecule has 0 unspecified atom stereocenters. The molecule has 0 amide bonds. The van der Waals surface area contributed by atoms with Crippen LogP contribution in [0.4, 0.5) is 5.69 Å². The van der Waals surface area contributed by atoms with Gasteiger partial charge in [0.05, 0.1) is 0 Å². The monoisotopic (exact) mass is 259 g/mol. The van der Waals surface area contributed by atoms with E-state index in [0.29, 0.717) is 0 Å². The predicted octanol–water partition coefficient (Wildman–Crippen LogP) is 5.27. The first-order chi connectivity index (χ1) is 9.28. The van der Waals surface area contributed by atoms with E-state index >= 15 is 0 Å². The maximum Gasteiger partial charge on any atom is 0.0340 e. The lowest BCUT2D eigenvalue weighted by Crippen LogP contribution is -2.20. The van der Waals surface area contributed by atoms with Crippen LogP contribution in [0.2, 0.25) is 0 Å². The summed E-state index contributed by atoms with van der Waals surface area (Å²) in [4.78, 5) is 0. The van der Waals surface area contributed by atoms with Crippen molar-refractivity contribution in [1.29, 1.82) is 0 Å². The smallest absolute Gasteiger partial charge is 0.0340 e. The van der Waals surface area contributed by atoms with E-state index in [-0.39, 0.29) is 0 Å². The molecule has 1 aromatic carbocycles. The van der Waals surface area contributed by atoms with Crippen LogP contribution in [0.3, 0.4) is 0 Å². The summed E-state index contributed by atoms with van der Waals surface area (Å²) in [5.41, 5.74) is 2.76. The van der Waals surface area contributed by atoms with Gasteiger partial charge in [0.1, 0.15) is 0 Å². The Balaban J connectivity index is 1.73. The average molecular weight is 259 g/mol. The first-order valence-electron chi connectivity index (χ1n) is 8.10. The Morgan fingerprint density at radius 1 is 1.05 bits per heavy atom. The minimum Gasteiger partial charge on any atom is -0.385 e. The molecule has 1 nitrogen and oxygen atoms in total. The van der Waals surface area contributed by atoms with Gasteiger partial charge in [0, 0.05) is 12.2 Å². The molecule has 1 N–H and O–H groups in total. The highest BCUT2D eigenvalue weighted by molar-refractivity contribution is 5.44. The van der Waals surface area contributed by atoms with Crippen molar-refractivity contribution < 1.29 is 0 Å². The van der Waals surface area contributed by atoms with Gasteiger partial charge in [0.25, 0.3) is 0 Å². The zero-order chi connectivity index (χ0) is 13.5. The molecule has 0 aromatic heterocycles. The van der Waals surface area contributed by atoms with Crippen LogP contribution in [0.25, 0.3) is 0 Å². The third-order valence-corrected chi connectivity index (χ3v) is 4.50. The van der Waals surface area contributed by atoms with Gasteiger partial charge in [-0.05, 0) is 55.2 Å². The first-order valence-corrected chi connectivity index (χ1v) is 8.10. The van der Waals surface area contributed by atoms with Crippen molar-refractivity contribution in [2.75, 3.05) is 11.9 Å². The molecule has 106 valence electrons. The summed E-state index contributed by atoms with van der Waals surface area (Å²) in [6.07, 6.45) is 9.44. The molecule has 0 saturated heterocycles. The van der Waals surface area contributed by atoms with Crippen LogP contribution < -0.4 is 5.32 Å². The molecule has 0 heterocycles. The van der Waals surface area contributed by atoms with Gasteiger partial charge in [0.2, 0.25) is 0 Å². The minimum absolute atomic E-state index is 0.885. The highest BCUT2D eigenvalue weighted by atomic mass is 14.9. The number of hydrogen-bond donors (Lipinski definition) is 1. The molecule has 0 bridgehead atoms. The largest absolute Gasteiger partial charge is 0.385 e. The number of anilines is 1. The fourth-order valence-electron chi connectivity index (χ4n) is 2.97. The van der Waals surface area contributed by atoms with E-state index in [1.807, 2.05) is 0 Å². The summed E-state index contributed by atoms with van der Waals surface area (Å²) in [7, 11) is 0. The van der Waals surface area contributed by atoms with Gasteiger partial charge >= 0.3 is 0 Å². The summed E-state index contributed by atoms with van der Waals surface area (Å²) in [6, 6.07) is 9.05. The quantitative estimate of drug-likeness (QED) is 0.734. The zero-order valence-corrected chi connectivity index (χ0v) is 12.6. The molecule has 0 atom stereocenters. The number of benzene rings is 1. The van der Waals surface area contributed by atoms with Crippen molar-refractivity contribution in [3.8, 4) is 0 Å². The number of hydrogen-bond acceptors (Lipinski definition) is 1. The highest BCUT2D eigenvalue weighted by Crippen LogP contribution is 2.28. The van der Waals surface area contributed by atoms with E-state index < -0.39 is 0 Å². The second-order valence-electron chi connectivity index (χ2n) is 6.31. The third kappa shape index (κ3) is 4.89. The molecule has 19 heavy (non-hydrogen) atoms.